The van der Waals surface area contributed by atoms with Crippen molar-refractivity contribution in [3.05, 3.63) is 25.3 Å². The topological polar surface area (TPSA) is 249 Å². The summed E-state index contributed by atoms with van der Waals surface area (Å²) in [6.45, 7) is -9.60. The van der Waals surface area contributed by atoms with Gasteiger partial charge in [-0.05, 0) is 17.6 Å². The van der Waals surface area contributed by atoms with E-state index in [2.05, 4.69) is 42.2 Å². The molecule has 3 aliphatic heterocycles. The molecule has 3 saturated heterocycles. The number of anilines is 2. The van der Waals surface area contributed by atoms with Crippen LogP contribution in [-0.4, -0.2) is 100 Å². The van der Waals surface area contributed by atoms with Gasteiger partial charge in [0.15, 0.2) is 41.6 Å². The highest BCUT2D eigenvalue weighted by atomic mass is 32.7. The van der Waals surface area contributed by atoms with Gasteiger partial charge in [-0.15, -0.1) is 0 Å². The smallest absolute Gasteiger partial charge is 0.387 e. The molecule has 7 rings (SSSR count). The first kappa shape index (κ1) is 31.1. The van der Waals surface area contributed by atoms with Crippen molar-refractivity contribution in [2.45, 2.75) is 49.1 Å². The number of aliphatic hydroxyl groups is 1. The highest BCUT2D eigenvalue weighted by Crippen LogP contribution is 2.63. The number of nitrogens with two attached hydrogens (primary N) is 2. The summed E-state index contributed by atoms with van der Waals surface area (Å²) in [5.74, 6) is 0.163. The van der Waals surface area contributed by atoms with Gasteiger partial charge < -0.3 is 26.0 Å². The summed E-state index contributed by atoms with van der Waals surface area (Å²) >= 11 is 4.76. The van der Waals surface area contributed by atoms with E-state index in [1.165, 1.54) is 40.7 Å². The number of hydrogen-bond acceptors (Lipinski definition) is 18. The minimum atomic E-state index is -4.36. The molecule has 3 aliphatic rings. The van der Waals surface area contributed by atoms with Gasteiger partial charge in [0.2, 0.25) is 0 Å². The van der Waals surface area contributed by atoms with Gasteiger partial charge in [0.1, 0.15) is 54.2 Å². The third-order valence-corrected chi connectivity index (χ3v) is 12.4. The van der Waals surface area contributed by atoms with Gasteiger partial charge in [0.05, 0.1) is 25.9 Å². The Morgan fingerprint density at radius 2 is 1.47 bits per heavy atom. The molecule has 7 heterocycles. The fraction of sp³-hybridized carbons (Fsp3) is 0.524. The lowest BCUT2D eigenvalue weighted by atomic mass is 10.1. The minimum Gasteiger partial charge on any atom is -0.387 e. The third kappa shape index (κ3) is 5.50. The van der Waals surface area contributed by atoms with Crippen LogP contribution in [0.2, 0.25) is 0 Å². The van der Waals surface area contributed by atoms with Crippen LogP contribution in [0.3, 0.4) is 0 Å². The Kier molecular flexibility index (Phi) is 8.05. The number of aromatic nitrogens is 8. The van der Waals surface area contributed by atoms with Crippen molar-refractivity contribution in [2.75, 3.05) is 30.9 Å². The van der Waals surface area contributed by atoms with Crippen molar-refractivity contribution in [1.82, 2.24) is 39.0 Å². The molecule has 19 nitrogen and oxygen atoms in total. The van der Waals surface area contributed by atoms with E-state index in [9.17, 15) is 14.2 Å². The van der Waals surface area contributed by atoms with Crippen molar-refractivity contribution in [2.24, 2.45) is 0 Å². The van der Waals surface area contributed by atoms with Gasteiger partial charge in [-0.1, -0.05) is 12.2 Å². The zero-order valence-corrected chi connectivity index (χ0v) is 26.4. The standard InChI is InChI=1S/C21H25FN10O9P2S2/c1-45-43(35)37-3-9-14(10(22)20(39-9)31-6-29-11-16(23)25-4-27-18(11)31)40-42(34,44)36-2-8-13(33)15(41-43)21(38-8)32-7-30-12-17(24)26-5-28-19(12)32/h4-10,13-15,20-21,33H,2-3H2,1H3,(H,34,44)(H2,23,25,27)(H2,24,26,28)/t8-,9-,10-,13-,14-,15-,20-,21-,42-,43+/m1/s1. The van der Waals surface area contributed by atoms with E-state index in [0.29, 0.717) is 0 Å². The molecule has 45 heavy (non-hydrogen) atoms. The van der Waals surface area contributed by atoms with Crippen LogP contribution >= 0.6 is 37.2 Å². The SMILES string of the molecule is CS[P@@]1(=O)OC[C@H]2O[C@@H](n3cnc4c(N)ncnc43)[C@H](F)[C@@H]2O[P@](=O)(S)OC[C@H]2O[C@@H](n3cnc4c(N)ncnc43)[C@H](O1)[C@@H]2O. The molecule has 0 aliphatic carbocycles. The number of hydrogen-bond donors (Lipinski definition) is 4. The summed E-state index contributed by atoms with van der Waals surface area (Å²) < 4.78 is 80.8. The second-order valence-electron chi connectivity index (χ2n) is 10.1. The van der Waals surface area contributed by atoms with E-state index < -0.39 is 76.0 Å². The highest BCUT2D eigenvalue weighted by Gasteiger charge is 2.54. The predicted molar refractivity (Wildman–Crippen MR) is 158 cm³/mol. The number of nitrogen functional groups attached to an aromatic ring is 2. The van der Waals surface area contributed by atoms with E-state index in [0.717, 1.165) is 11.4 Å². The number of thiol groups is 1. The maximum Gasteiger partial charge on any atom is 0.389 e. The maximum atomic E-state index is 16.1. The molecule has 0 saturated carbocycles. The quantitative estimate of drug-likeness (QED) is 0.175. The summed E-state index contributed by atoms with van der Waals surface area (Å²) in [5.41, 5.74) is 12.7. The van der Waals surface area contributed by atoms with Crippen LogP contribution in [0.5, 0.6) is 0 Å². The summed E-state index contributed by atoms with van der Waals surface area (Å²) in [6, 6.07) is 0. The van der Waals surface area contributed by atoms with Gasteiger partial charge in [-0.25, -0.2) is 43.4 Å². The lowest BCUT2D eigenvalue weighted by molar-refractivity contribution is -0.0568. The first-order valence-corrected chi connectivity index (χ1v) is 19.2. The zero-order valence-electron chi connectivity index (χ0n) is 22.9. The average Bonchev–Trinajstić information content (AvgIpc) is 3.77. The molecule has 4 aromatic heterocycles. The van der Waals surface area contributed by atoms with E-state index in [1.807, 2.05) is 0 Å². The Bertz CT molecular complexity index is 1860. The van der Waals surface area contributed by atoms with Crippen molar-refractivity contribution in [1.29, 1.82) is 0 Å². The number of aliphatic hydroxyl groups excluding tert-OH is 1. The Morgan fingerprint density at radius 1 is 0.889 bits per heavy atom. The largest absolute Gasteiger partial charge is 0.389 e. The first-order chi connectivity index (χ1) is 21.5. The highest BCUT2D eigenvalue weighted by molar-refractivity contribution is 8.54. The van der Waals surface area contributed by atoms with E-state index in [4.69, 9.17) is 39.0 Å². The summed E-state index contributed by atoms with van der Waals surface area (Å²) in [4.78, 5) is 24.4. The third-order valence-electron chi connectivity index (χ3n) is 7.43. The summed E-state index contributed by atoms with van der Waals surface area (Å²) in [5, 5.41) is 11.2. The zero-order chi connectivity index (χ0) is 31.7. The van der Waals surface area contributed by atoms with Crippen molar-refractivity contribution in [3.8, 4) is 0 Å². The number of alkyl halides is 1. The second kappa shape index (κ2) is 11.6. The second-order valence-corrected chi connectivity index (χ2v) is 17.1. The van der Waals surface area contributed by atoms with E-state index in [-0.39, 0.29) is 34.0 Å². The van der Waals surface area contributed by atoms with Crippen LogP contribution in [0.25, 0.3) is 22.3 Å². The molecule has 0 spiro atoms. The maximum absolute atomic E-state index is 16.1. The average molecular weight is 707 g/mol. The predicted octanol–water partition coefficient (Wildman–Crippen LogP) is 1.65. The van der Waals surface area contributed by atoms with Gasteiger partial charge in [-0.2, -0.15) is 0 Å². The van der Waals surface area contributed by atoms with E-state index >= 15 is 4.39 Å². The monoisotopic (exact) mass is 706 g/mol. The molecule has 5 N–H and O–H groups in total. The Hall–Kier alpha value is -2.49. The molecule has 2 bridgehead atoms. The van der Waals surface area contributed by atoms with Crippen LogP contribution in [0.1, 0.15) is 12.5 Å². The van der Waals surface area contributed by atoms with Gasteiger partial charge >= 0.3 is 13.6 Å². The van der Waals surface area contributed by atoms with Crippen molar-refractivity contribution < 1.29 is 46.2 Å². The fourth-order valence-corrected chi connectivity index (χ4v) is 8.92. The van der Waals surface area contributed by atoms with Crippen molar-refractivity contribution >= 4 is 71.2 Å². The van der Waals surface area contributed by atoms with Gasteiger partial charge in [-0.3, -0.25) is 27.2 Å². The van der Waals surface area contributed by atoms with Gasteiger partial charge in [0.25, 0.3) is 0 Å². The van der Waals surface area contributed by atoms with Crippen LogP contribution in [0.15, 0.2) is 25.3 Å². The molecular weight excluding hydrogens is 681 g/mol. The number of rotatable bonds is 3. The van der Waals surface area contributed by atoms with Crippen molar-refractivity contribution in [3.63, 3.8) is 0 Å². The molecule has 3 fully saturated rings. The molecule has 0 aromatic carbocycles. The van der Waals surface area contributed by atoms with E-state index in [1.54, 1.807) is 0 Å². The van der Waals surface area contributed by atoms with Crippen LogP contribution in [0.4, 0.5) is 16.0 Å². The number of ether oxygens (including phenoxy) is 2. The lowest BCUT2D eigenvalue weighted by Gasteiger charge is -2.27. The summed E-state index contributed by atoms with van der Waals surface area (Å²) in [7, 11) is 0. The molecule has 0 amide bonds. The lowest BCUT2D eigenvalue weighted by Crippen LogP contribution is -2.35. The minimum absolute atomic E-state index is 0.0672. The Labute approximate surface area is 261 Å². The molecule has 0 unspecified atom stereocenters. The molecule has 0 radical (unpaired) electrons. The molecular formula is C21H25FN10O9P2S2. The number of imidazole rings is 2. The fourth-order valence-electron chi connectivity index (χ4n) is 5.28. The Morgan fingerprint density at radius 3 is 2.09 bits per heavy atom. The van der Waals surface area contributed by atoms with Gasteiger partial charge in [0, 0.05) is 0 Å². The Balaban J connectivity index is 1.22. The molecule has 4 aromatic rings. The normalized spacial score (nSPS) is 37.7. The number of nitrogens with zero attached hydrogens (tertiary/aromatic N) is 8. The summed E-state index contributed by atoms with van der Waals surface area (Å²) in [6.07, 6.45) is -5.10. The number of halogens is 1. The van der Waals surface area contributed by atoms with Crippen LogP contribution < -0.4 is 11.5 Å². The first-order valence-electron chi connectivity index (χ1n) is 13.1. The molecule has 242 valence electrons. The van der Waals surface area contributed by atoms with Crippen LogP contribution in [0, 0.1) is 0 Å². The van der Waals surface area contributed by atoms with Crippen LogP contribution in [-0.2, 0) is 36.7 Å². The number of fused-ring (bicyclic) bond motifs is 5. The molecule has 10 atom stereocenters. The molecule has 24 heteroatoms.